The average Bonchev–Trinajstić information content (AvgIpc) is 2.94. The largest absolute Gasteiger partial charge is 0.496 e. The molecule has 5 heteroatoms. The highest BCUT2D eigenvalue weighted by atomic mass is 16.5. The number of aliphatic hydroxyl groups excluding tert-OH is 1. The third kappa shape index (κ3) is 2.41. The number of hydrogen-bond acceptors (Lipinski definition) is 5. The van der Waals surface area contributed by atoms with Crippen LogP contribution in [-0.2, 0) is 4.79 Å². The predicted octanol–water partition coefficient (Wildman–Crippen LogP) is 3.29. The van der Waals surface area contributed by atoms with E-state index in [1.807, 2.05) is 6.08 Å². The number of ketones is 2. The number of benzene rings is 1. The van der Waals surface area contributed by atoms with Gasteiger partial charge in [0.05, 0.1) is 19.8 Å². The Morgan fingerprint density at radius 1 is 1.23 bits per heavy atom. The van der Waals surface area contributed by atoms with Crippen LogP contribution in [0.4, 0.5) is 0 Å². The van der Waals surface area contributed by atoms with Crippen LogP contribution in [0.25, 0.3) is 6.08 Å². The Morgan fingerprint density at radius 2 is 1.88 bits per heavy atom. The summed E-state index contributed by atoms with van der Waals surface area (Å²) < 4.78 is 10.8. The van der Waals surface area contributed by atoms with E-state index in [2.05, 4.69) is 20.8 Å². The molecule has 0 saturated heterocycles. The van der Waals surface area contributed by atoms with E-state index < -0.39 is 12.4 Å². The molecule has 2 atom stereocenters. The van der Waals surface area contributed by atoms with Crippen LogP contribution in [0, 0.1) is 16.7 Å². The fourth-order valence-corrected chi connectivity index (χ4v) is 4.60. The topological polar surface area (TPSA) is 72.8 Å². The highest BCUT2D eigenvalue weighted by Gasteiger charge is 2.63. The summed E-state index contributed by atoms with van der Waals surface area (Å²) in [4.78, 5) is 25.0. The molecular weight excluding hydrogens is 332 g/mol. The van der Waals surface area contributed by atoms with Crippen molar-refractivity contribution < 1.29 is 24.2 Å². The van der Waals surface area contributed by atoms with Gasteiger partial charge in [-0.2, -0.15) is 0 Å². The number of carbonyl (C=O) groups excluding carboxylic acids is 2. The Labute approximate surface area is 154 Å². The quantitative estimate of drug-likeness (QED) is 0.646. The normalized spacial score (nSPS) is 27.8. The summed E-state index contributed by atoms with van der Waals surface area (Å²) in [6.45, 7) is 5.80. The van der Waals surface area contributed by atoms with E-state index in [0.717, 1.165) is 18.4 Å². The molecule has 2 bridgehead atoms. The molecule has 0 radical (unpaired) electrons. The van der Waals surface area contributed by atoms with Gasteiger partial charge >= 0.3 is 0 Å². The average molecular weight is 358 g/mol. The SMILES string of the molecule is COc1cc(C(=O)CO)c(OC)cc1C=C1C(=O)C2(C)CCC1C2(C)C. The molecule has 0 heterocycles. The van der Waals surface area contributed by atoms with E-state index >= 15 is 0 Å². The zero-order valence-corrected chi connectivity index (χ0v) is 16.0. The van der Waals surface area contributed by atoms with Gasteiger partial charge in [0, 0.05) is 16.6 Å². The molecule has 140 valence electrons. The van der Waals surface area contributed by atoms with Gasteiger partial charge in [0.2, 0.25) is 0 Å². The second kappa shape index (κ2) is 6.23. The van der Waals surface area contributed by atoms with Gasteiger partial charge in [0.1, 0.15) is 18.1 Å². The van der Waals surface area contributed by atoms with Crippen molar-refractivity contribution in [2.45, 2.75) is 33.6 Å². The number of Topliss-reactive ketones (excluding diaryl/α,β-unsaturated/α-hetero) is 2. The summed E-state index contributed by atoms with van der Waals surface area (Å²) >= 11 is 0. The fraction of sp³-hybridized carbons (Fsp3) is 0.524. The summed E-state index contributed by atoms with van der Waals surface area (Å²) in [5, 5.41) is 9.16. The second-order valence-corrected chi connectivity index (χ2v) is 7.95. The van der Waals surface area contributed by atoms with E-state index in [1.165, 1.54) is 14.2 Å². The van der Waals surface area contributed by atoms with Crippen molar-refractivity contribution in [1.82, 2.24) is 0 Å². The summed E-state index contributed by atoms with van der Waals surface area (Å²) in [7, 11) is 2.99. The molecular formula is C21H26O5. The monoisotopic (exact) mass is 358 g/mol. The van der Waals surface area contributed by atoms with Crippen molar-refractivity contribution in [3.05, 3.63) is 28.8 Å². The molecule has 2 unspecified atom stereocenters. The molecule has 2 aliphatic carbocycles. The lowest BCUT2D eigenvalue weighted by atomic mass is 9.70. The number of ether oxygens (including phenoxy) is 2. The number of hydrogen-bond donors (Lipinski definition) is 1. The molecule has 0 amide bonds. The van der Waals surface area contributed by atoms with Gasteiger partial charge in [0.15, 0.2) is 11.6 Å². The van der Waals surface area contributed by atoms with Gasteiger partial charge in [-0.1, -0.05) is 20.8 Å². The van der Waals surface area contributed by atoms with Crippen LogP contribution in [0.3, 0.4) is 0 Å². The smallest absolute Gasteiger partial charge is 0.192 e. The summed E-state index contributed by atoms with van der Waals surface area (Å²) in [5.41, 5.74) is 1.40. The summed E-state index contributed by atoms with van der Waals surface area (Å²) in [5.74, 6) is 0.820. The lowest BCUT2D eigenvalue weighted by Crippen LogP contribution is -2.32. The highest BCUT2D eigenvalue weighted by molar-refractivity contribution is 6.08. The molecule has 2 aliphatic rings. The number of rotatable bonds is 5. The molecule has 26 heavy (non-hydrogen) atoms. The van der Waals surface area contributed by atoms with E-state index in [4.69, 9.17) is 14.6 Å². The van der Waals surface area contributed by atoms with Crippen molar-refractivity contribution in [3.8, 4) is 11.5 Å². The maximum absolute atomic E-state index is 13.1. The lowest BCUT2D eigenvalue weighted by molar-refractivity contribution is -0.125. The van der Waals surface area contributed by atoms with Crippen LogP contribution in [0.15, 0.2) is 17.7 Å². The lowest BCUT2D eigenvalue weighted by Gasteiger charge is -2.31. The first-order chi connectivity index (χ1) is 12.2. The van der Waals surface area contributed by atoms with Crippen molar-refractivity contribution in [2.24, 2.45) is 16.7 Å². The summed E-state index contributed by atoms with van der Waals surface area (Å²) in [6.07, 6.45) is 3.81. The van der Waals surface area contributed by atoms with Crippen LogP contribution in [0.5, 0.6) is 11.5 Å². The van der Waals surface area contributed by atoms with Gasteiger partial charge in [-0.3, -0.25) is 9.59 Å². The molecule has 1 N–H and O–H groups in total. The van der Waals surface area contributed by atoms with Gasteiger partial charge in [0.25, 0.3) is 0 Å². The van der Waals surface area contributed by atoms with Crippen molar-refractivity contribution in [1.29, 1.82) is 0 Å². The Kier molecular flexibility index (Phi) is 4.47. The Hall–Kier alpha value is -2.14. The summed E-state index contributed by atoms with van der Waals surface area (Å²) in [6, 6.07) is 3.26. The zero-order valence-electron chi connectivity index (χ0n) is 16.0. The number of allylic oxidation sites excluding steroid dienone is 1. The van der Waals surface area contributed by atoms with E-state index in [0.29, 0.717) is 17.1 Å². The number of methoxy groups -OCH3 is 2. The third-order valence-electron chi connectivity index (χ3n) is 6.67. The molecule has 0 aliphatic heterocycles. The Morgan fingerprint density at radius 3 is 2.38 bits per heavy atom. The highest BCUT2D eigenvalue weighted by Crippen LogP contribution is 2.65. The maximum Gasteiger partial charge on any atom is 0.192 e. The van der Waals surface area contributed by atoms with Crippen LogP contribution in [-0.4, -0.2) is 37.5 Å². The number of aliphatic hydroxyl groups is 1. The van der Waals surface area contributed by atoms with Gasteiger partial charge in [-0.05, 0) is 42.4 Å². The minimum atomic E-state index is -0.604. The van der Waals surface area contributed by atoms with Crippen molar-refractivity contribution in [2.75, 3.05) is 20.8 Å². The Balaban J connectivity index is 2.12. The first kappa shape index (κ1) is 18.6. The van der Waals surface area contributed by atoms with E-state index in [1.54, 1.807) is 12.1 Å². The molecule has 5 nitrogen and oxygen atoms in total. The van der Waals surface area contributed by atoms with Gasteiger partial charge in [-0.15, -0.1) is 0 Å². The fourth-order valence-electron chi connectivity index (χ4n) is 4.60. The molecule has 0 aromatic heterocycles. The van der Waals surface area contributed by atoms with Crippen LogP contribution in [0.1, 0.15) is 49.5 Å². The number of fused-ring (bicyclic) bond motifs is 2. The van der Waals surface area contributed by atoms with Crippen molar-refractivity contribution in [3.63, 3.8) is 0 Å². The van der Waals surface area contributed by atoms with Crippen LogP contribution >= 0.6 is 0 Å². The first-order valence-electron chi connectivity index (χ1n) is 8.87. The predicted molar refractivity (Wildman–Crippen MR) is 98.6 cm³/mol. The maximum atomic E-state index is 13.1. The van der Waals surface area contributed by atoms with Crippen LogP contribution < -0.4 is 9.47 Å². The molecule has 1 aromatic rings. The molecule has 2 saturated carbocycles. The van der Waals surface area contributed by atoms with E-state index in [-0.39, 0.29) is 28.1 Å². The minimum Gasteiger partial charge on any atom is -0.496 e. The first-order valence-corrected chi connectivity index (χ1v) is 8.87. The van der Waals surface area contributed by atoms with Crippen LogP contribution in [0.2, 0.25) is 0 Å². The molecule has 0 spiro atoms. The number of carbonyl (C=O) groups is 2. The third-order valence-corrected chi connectivity index (χ3v) is 6.67. The molecule has 1 aromatic carbocycles. The standard InChI is InChI=1S/C21H26O5/c1-20(2)15-6-7-21(20,3)19(24)13(15)8-12-9-18(26-5)14(16(23)11-22)10-17(12)25-4/h8-10,15,22H,6-7,11H2,1-5H3. The van der Waals surface area contributed by atoms with E-state index in [9.17, 15) is 9.59 Å². The zero-order chi connectivity index (χ0) is 19.3. The van der Waals surface area contributed by atoms with Gasteiger partial charge in [-0.25, -0.2) is 0 Å². The van der Waals surface area contributed by atoms with Crippen molar-refractivity contribution >= 4 is 17.6 Å². The minimum absolute atomic E-state index is 0.0694. The second-order valence-electron chi connectivity index (χ2n) is 7.95. The molecule has 3 rings (SSSR count). The Bertz CT molecular complexity index is 805. The molecule has 2 fully saturated rings. The van der Waals surface area contributed by atoms with Gasteiger partial charge < -0.3 is 14.6 Å².